The monoisotopic (exact) mass is 296 g/mol. The lowest BCUT2D eigenvalue weighted by atomic mass is 10.1. The molecule has 7 heteroatoms. The Morgan fingerprint density at radius 3 is 2.62 bits per heavy atom. The maximum Gasteiger partial charge on any atom is 0.421 e. The van der Waals surface area contributed by atoms with Gasteiger partial charge in [-0.15, -0.1) is 0 Å². The van der Waals surface area contributed by atoms with E-state index < -0.39 is 23.5 Å². The number of pyridine rings is 1. The molecular formula is C14H11F3N2O2. The van der Waals surface area contributed by atoms with E-state index in [4.69, 9.17) is 10.5 Å². The van der Waals surface area contributed by atoms with Crippen molar-refractivity contribution in [1.82, 2.24) is 4.98 Å². The molecule has 0 radical (unpaired) electrons. The molecule has 2 N–H and O–H groups in total. The van der Waals surface area contributed by atoms with E-state index >= 15 is 0 Å². The molecule has 1 heterocycles. The Labute approximate surface area is 118 Å². The van der Waals surface area contributed by atoms with E-state index in [2.05, 4.69) is 4.98 Å². The van der Waals surface area contributed by atoms with Gasteiger partial charge in [-0.05, 0) is 36.8 Å². The van der Waals surface area contributed by atoms with Gasteiger partial charge in [0.15, 0.2) is 0 Å². The number of nitrogens with zero attached hydrogens (tertiary/aromatic N) is 1. The molecule has 4 nitrogen and oxygen atoms in total. The van der Waals surface area contributed by atoms with Crippen molar-refractivity contribution in [3.05, 3.63) is 53.2 Å². The third-order valence-corrected chi connectivity index (χ3v) is 2.77. The first-order chi connectivity index (χ1) is 9.79. The number of aromatic nitrogens is 1. The van der Waals surface area contributed by atoms with Crippen LogP contribution >= 0.6 is 0 Å². The van der Waals surface area contributed by atoms with Gasteiger partial charge in [0.1, 0.15) is 11.3 Å². The van der Waals surface area contributed by atoms with Gasteiger partial charge in [-0.3, -0.25) is 4.79 Å². The van der Waals surface area contributed by atoms with Crippen molar-refractivity contribution < 1.29 is 22.7 Å². The van der Waals surface area contributed by atoms with E-state index in [1.807, 2.05) is 0 Å². The lowest BCUT2D eigenvalue weighted by Crippen LogP contribution is -2.13. The first-order valence-electron chi connectivity index (χ1n) is 5.89. The van der Waals surface area contributed by atoms with Crippen molar-refractivity contribution in [3.63, 3.8) is 0 Å². The first-order valence-corrected chi connectivity index (χ1v) is 5.89. The van der Waals surface area contributed by atoms with E-state index in [0.717, 1.165) is 6.07 Å². The third-order valence-electron chi connectivity index (χ3n) is 2.77. The molecule has 0 spiro atoms. The van der Waals surface area contributed by atoms with Gasteiger partial charge >= 0.3 is 6.18 Å². The Balaban J connectivity index is 2.40. The molecule has 0 atom stereocenters. The van der Waals surface area contributed by atoms with Crippen molar-refractivity contribution in [2.24, 2.45) is 5.73 Å². The largest absolute Gasteiger partial charge is 0.438 e. The zero-order valence-electron chi connectivity index (χ0n) is 10.9. The average Bonchev–Trinajstić information content (AvgIpc) is 2.40. The van der Waals surface area contributed by atoms with Crippen LogP contribution < -0.4 is 10.5 Å². The molecule has 2 aromatic rings. The lowest BCUT2D eigenvalue weighted by molar-refractivity contribution is -0.138. The number of amides is 1. The van der Waals surface area contributed by atoms with Crippen LogP contribution in [0.15, 0.2) is 36.5 Å². The number of nitrogens with two attached hydrogens (primary N) is 1. The van der Waals surface area contributed by atoms with Crippen molar-refractivity contribution >= 4 is 5.91 Å². The summed E-state index contributed by atoms with van der Waals surface area (Å²) < 4.78 is 43.6. The summed E-state index contributed by atoms with van der Waals surface area (Å²) in [4.78, 5) is 14.8. The maximum absolute atomic E-state index is 12.8. The smallest absolute Gasteiger partial charge is 0.421 e. The summed E-state index contributed by atoms with van der Waals surface area (Å²) in [5, 5.41) is 0. The molecule has 21 heavy (non-hydrogen) atoms. The van der Waals surface area contributed by atoms with Crippen LogP contribution in [0.4, 0.5) is 13.2 Å². The number of carbonyl (C=O) groups is 1. The number of carbonyl (C=O) groups excluding carboxylic acids is 1. The summed E-state index contributed by atoms with van der Waals surface area (Å²) in [5.74, 6) is -1.21. The van der Waals surface area contributed by atoms with Gasteiger partial charge in [0.25, 0.3) is 0 Å². The minimum Gasteiger partial charge on any atom is -0.438 e. The Kier molecular flexibility index (Phi) is 3.84. The first kappa shape index (κ1) is 14.8. The van der Waals surface area contributed by atoms with Crippen molar-refractivity contribution in [2.45, 2.75) is 13.1 Å². The number of benzene rings is 1. The highest BCUT2D eigenvalue weighted by Crippen LogP contribution is 2.36. The highest BCUT2D eigenvalue weighted by atomic mass is 19.4. The van der Waals surface area contributed by atoms with Gasteiger partial charge in [0.05, 0.1) is 0 Å². The minimum absolute atomic E-state index is 0.0543. The second kappa shape index (κ2) is 5.43. The summed E-state index contributed by atoms with van der Waals surface area (Å²) in [6.07, 6.45) is -3.39. The fourth-order valence-electron chi connectivity index (χ4n) is 1.73. The summed E-state index contributed by atoms with van der Waals surface area (Å²) in [7, 11) is 0. The Morgan fingerprint density at radius 1 is 1.29 bits per heavy atom. The average molecular weight is 296 g/mol. The number of rotatable bonds is 3. The molecule has 0 unspecified atom stereocenters. The van der Waals surface area contributed by atoms with Crippen molar-refractivity contribution in [2.75, 3.05) is 0 Å². The maximum atomic E-state index is 12.8. The topological polar surface area (TPSA) is 65.2 Å². The molecular weight excluding hydrogens is 285 g/mol. The number of aryl methyl sites for hydroxylation is 1. The second-order valence-electron chi connectivity index (χ2n) is 4.30. The molecule has 0 aliphatic carbocycles. The SMILES string of the molecule is Cc1ccc(Oc2ncccc2C(F)(F)F)cc1C(N)=O. The molecule has 0 fully saturated rings. The molecule has 1 aromatic carbocycles. The number of ether oxygens (including phenoxy) is 1. The standard InChI is InChI=1S/C14H11F3N2O2/c1-8-4-5-9(7-10(8)12(18)20)21-13-11(14(15,16)17)3-2-6-19-13/h2-7H,1H3,(H2,18,20). The molecule has 0 saturated heterocycles. The van der Waals surface area contributed by atoms with Crippen LogP contribution in [0.2, 0.25) is 0 Å². The minimum atomic E-state index is -4.58. The second-order valence-corrected chi connectivity index (χ2v) is 4.30. The molecule has 1 amide bonds. The van der Waals surface area contributed by atoms with Crippen LogP contribution in [-0.4, -0.2) is 10.9 Å². The van der Waals surface area contributed by atoms with E-state index in [1.54, 1.807) is 6.92 Å². The van der Waals surface area contributed by atoms with Crippen LogP contribution in [0.1, 0.15) is 21.5 Å². The van der Waals surface area contributed by atoms with Gasteiger partial charge in [-0.2, -0.15) is 13.2 Å². The fraction of sp³-hybridized carbons (Fsp3) is 0.143. The summed E-state index contributed by atoms with van der Waals surface area (Å²) in [6.45, 7) is 1.66. The summed E-state index contributed by atoms with van der Waals surface area (Å²) in [6, 6.07) is 6.29. The van der Waals surface area contributed by atoms with E-state index in [1.165, 1.54) is 30.5 Å². The predicted octanol–water partition coefficient (Wildman–Crippen LogP) is 3.30. The van der Waals surface area contributed by atoms with Gasteiger partial charge in [0.2, 0.25) is 11.8 Å². The highest BCUT2D eigenvalue weighted by Gasteiger charge is 2.35. The molecule has 0 bridgehead atoms. The summed E-state index contributed by atoms with van der Waals surface area (Å²) >= 11 is 0. The number of hydrogen-bond donors (Lipinski definition) is 1. The molecule has 1 aromatic heterocycles. The Morgan fingerprint density at radius 2 is 2.00 bits per heavy atom. The molecule has 0 saturated carbocycles. The zero-order chi connectivity index (χ0) is 15.6. The van der Waals surface area contributed by atoms with Gasteiger partial charge < -0.3 is 10.5 Å². The quantitative estimate of drug-likeness (QED) is 0.945. The Hall–Kier alpha value is -2.57. The van der Waals surface area contributed by atoms with Crippen LogP contribution in [-0.2, 0) is 6.18 Å². The van der Waals surface area contributed by atoms with Crippen LogP contribution in [0.25, 0.3) is 0 Å². The van der Waals surface area contributed by atoms with Gasteiger partial charge in [-0.1, -0.05) is 6.07 Å². The number of hydrogen-bond acceptors (Lipinski definition) is 3. The van der Waals surface area contributed by atoms with Crippen LogP contribution in [0.5, 0.6) is 11.6 Å². The fourth-order valence-corrected chi connectivity index (χ4v) is 1.73. The summed E-state index contributed by atoms with van der Waals surface area (Å²) in [5.41, 5.74) is 4.97. The van der Waals surface area contributed by atoms with Crippen molar-refractivity contribution in [1.29, 1.82) is 0 Å². The highest BCUT2D eigenvalue weighted by molar-refractivity contribution is 5.94. The molecule has 0 aliphatic heterocycles. The van der Waals surface area contributed by atoms with E-state index in [-0.39, 0.29) is 11.3 Å². The van der Waals surface area contributed by atoms with Gasteiger partial charge in [0, 0.05) is 11.8 Å². The molecule has 2 rings (SSSR count). The Bertz CT molecular complexity index is 684. The molecule has 110 valence electrons. The van der Waals surface area contributed by atoms with Crippen molar-refractivity contribution in [3.8, 4) is 11.6 Å². The predicted molar refractivity (Wildman–Crippen MR) is 69.0 cm³/mol. The van der Waals surface area contributed by atoms with E-state index in [9.17, 15) is 18.0 Å². The van der Waals surface area contributed by atoms with Gasteiger partial charge in [-0.25, -0.2) is 4.98 Å². The third kappa shape index (κ3) is 3.31. The molecule has 0 aliphatic rings. The lowest BCUT2D eigenvalue weighted by Gasteiger charge is -2.13. The normalized spacial score (nSPS) is 11.2. The number of primary amides is 1. The van der Waals surface area contributed by atoms with E-state index in [0.29, 0.717) is 5.56 Å². The van der Waals surface area contributed by atoms with Crippen LogP contribution in [0.3, 0.4) is 0 Å². The number of alkyl halides is 3. The number of halogens is 3. The zero-order valence-corrected chi connectivity index (χ0v) is 10.9. The van der Waals surface area contributed by atoms with Crippen LogP contribution in [0, 0.1) is 6.92 Å².